The van der Waals surface area contributed by atoms with Gasteiger partial charge >= 0.3 is 0 Å². The molecule has 3 unspecified atom stereocenters. The topological polar surface area (TPSA) is 32.3 Å². The van der Waals surface area contributed by atoms with Crippen molar-refractivity contribution in [3.8, 4) is 0 Å². The summed E-state index contributed by atoms with van der Waals surface area (Å²) in [7, 11) is 0. The molecule has 2 saturated heterocycles. The summed E-state index contributed by atoms with van der Waals surface area (Å²) < 4.78 is 0. The number of rotatable bonds is 1. The van der Waals surface area contributed by atoms with Crippen molar-refractivity contribution >= 4 is 5.91 Å². The minimum Gasteiger partial charge on any atom is -0.341 e. The standard InChI is InChI=1S/C17H28N2O/c20-16(15-14-5-3-4-13(14)12-18-15)19-10-8-17(9-11-19)6-1-2-7-17/h13-15,18H,1-12H2. The highest BCUT2D eigenvalue weighted by Crippen LogP contribution is 2.46. The normalized spacial score (nSPS) is 39.4. The quantitative estimate of drug-likeness (QED) is 0.798. The van der Waals surface area contributed by atoms with Crippen molar-refractivity contribution in [2.24, 2.45) is 17.3 Å². The number of likely N-dealkylation sites (tertiary alicyclic amines) is 1. The van der Waals surface area contributed by atoms with E-state index in [1.807, 2.05) is 0 Å². The Hall–Kier alpha value is -0.570. The van der Waals surface area contributed by atoms with Crippen molar-refractivity contribution in [1.29, 1.82) is 0 Å². The van der Waals surface area contributed by atoms with E-state index in [9.17, 15) is 4.79 Å². The second-order valence-corrected chi connectivity index (χ2v) is 7.77. The van der Waals surface area contributed by atoms with E-state index in [-0.39, 0.29) is 6.04 Å². The number of nitrogens with one attached hydrogen (secondary N) is 1. The third kappa shape index (κ3) is 2.09. The van der Waals surface area contributed by atoms with Gasteiger partial charge in [0.2, 0.25) is 5.91 Å². The van der Waals surface area contributed by atoms with E-state index in [1.165, 1.54) is 57.8 Å². The van der Waals surface area contributed by atoms with Gasteiger partial charge in [0.25, 0.3) is 0 Å². The van der Waals surface area contributed by atoms with Crippen LogP contribution < -0.4 is 5.32 Å². The van der Waals surface area contributed by atoms with Crippen molar-refractivity contribution in [3.05, 3.63) is 0 Å². The van der Waals surface area contributed by atoms with Gasteiger partial charge in [0, 0.05) is 13.1 Å². The summed E-state index contributed by atoms with van der Waals surface area (Å²) in [5, 5.41) is 3.53. The molecule has 3 heteroatoms. The van der Waals surface area contributed by atoms with E-state index >= 15 is 0 Å². The van der Waals surface area contributed by atoms with Crippen molar-refractivity contribution in [1.82, 2.24) is 10.2 Å². The molecule has 0 aromatic heterocycles. The van der Waals surface area contributed by atoms with Crippen LogP contribution in [0.1, 0.15) is 57.8 Å². The molecule has 0 bridgehead atoms. The first-order valence-electron chi connectivity index (χ1n) is 8.80. The first kappa shape index (κ1) is 13.1. The fourth-order valence-electron chi connectivity index (χ4n) is 5.48. The van der Waals surface area contributed by atoms with Gasteiger partial charge in [-0.05, 0) is 62.3 Å². The minimum absolute atomic E-state index is 0.153. The zero-order chi connectivity index (χ0) is 13.6. The lowest BCUT2D eigenvalue weighted by atomic mass is 9.77. The average Bonchev–Trinajstić information content (AvgIpc) is 3.15. The Morgan fingerprint density at radius 3 is 2.50 bits per heavy atom. The Kier molecular flexibility index (Phi) is 3.29. The molecule has 2 heterocycles. The number of amides is 1. The molecule has 3 nitrogen and oxygen atoms in total. The number of piperidine rings is 1. The molecule has 20 heavy (non-hydrogen) atoms. The van der Waals surface area contributed by atoms with Crippen LogP contribution in [-0.2, 0) is 4.79 Å². The number of carbonyl (C=O) groups excluding carboxylic acids is 1. The van der Waals surface area contributed by atoms with E-state index in [0.29, 0.717) is 17.2 Å². The average molecular weight is 276 g/mol. The minimum atomic E-state index is 0.153. The van der Waals surface area contributed by atoms with Gasteiger partial charge in [-0.15, -0.1) is 0 Å². The summed E-state index contributed by atoms with van der Waals surface area (Å²) in [4.78, 5) is 15.0. The third-order valence-electron chi connectivity index (χ3n) is 6.81. The highest BCUT2D eigenvalue weighted by molar-refractivity contribution is 5.82. The van der Waals surface area contributed by atoms with E-state index in [2.05, 4.69) is 10.2 Å². The molecule has 1 spiro atoms. The summed E-state index contributed by atoms with van der Waals surface area (Å²) >= 11 is 0. The van der Waals surface area contributed by atoms with Gasteiger partial charge in [0.15, 0.2) is 0 Å². The van der Waals surface area contributed by atoms with Gasteiger partial charge in [0.1, 0.15) is 0 Å². The molecule has 4 fully saturated rings. The second-order valence-electron chi connectivity index (χ2n) is 7.77. The van der Waals surface area contributed by atoms with Crippen LogP contribution in [0.15, 0.2) is 0 Å². The number of nitrogens with zero attached hydrogens (tertiary/aromatic N) is 1. The van der Waals surface area contributed by atoms with Crippen LogP contribution in [0.5, 0.6) is 0 Å². The van der Waals surface area contributed by atoms with Gasteiger partial charge in [-0.1, -0.05) is 19.3 Å². The molecule has 112 valence electrons. The van der Waals surface area contributed by atoms with Crippen molar-refractivity contribution in [2.45, 2.75) is 63.8 Å². The second kappa shape index (κ2) is 5.01. The monoisotopic (exact) mass is 276 g/mol. The molecule has 2 saturated carbocycles. The molecule has 3 atom stereocenters. The van der Waals surface area contributed by atoms with E-state index < -0.39 is 0 Å². The Bertz CT molecular complexity index is 378. The zero-order valence-corrected chi connectivity index (χ0v) is 12.6. The van der Waals surface area contributed by atoms with Gasteiger partial charge < -0.3 is 10.2 Å². The number of hydrogen-bond donors (Lipinski definition) is 1. The highest BCUT2D eigenvalue weighted by atomic mass is 16.2. The lowest BCUT2D eigenvalue weighted by molar-refractivity contribution is -0.136. The van der Waals surface area contributed by atoms with Gasteiger partial charge in [-0.25, -0.2) is 0 Å². The fraction of sp³-hybridized carbons (Fsp3) is 0.941. The van der Waals surface area contributed by atoms with E-state index in [1.54, 1.807) is 0 Å². The number of fused-ring (bicyclic) bond motifs is 1. The molecule has 2 aliphatic heterocycles. The lowest BCUT2D eigenvalue weighted by Crippen LogP contribution is -2.50. The van der Waals surface area contributed by atoms with Crippen LogP contribution in [0.25, 0.3) is 0 Å². The zero-order valence-electron chi connectivity index (χ0n) is 12.6. The largest absolute Gasteiger partial charge is 0.341 e. The Morgan fingerprint density at radius 1 is 1.00 bits per heavy atom. The SMILES string of the molecule is O=C(C1NCC2CCCC21)N1CCC2(CCCC2)CC1. The summed E-state index contributed by atoms with van der Waals surface area (Å²) in [6, 6.07) is 0.153. The molecule has 4 rings (SSSR count). The Balaban J connectivity index is 1.38. The fourth-order valence-corrected chi connectivity index (χ4v) is 5.48. The molecule has 2 aliphatic carbocycles. The third-order valence-corrected chi connectivity index (χ3v) is 6.81. The Labute approximate surface area is 122 Å². The number of hydrogen-bond acceptors (Lipinski definition) is 2. The van der Waals surface area contributed by atoms with Gasteiger partial charge in [-0.3, -0.25) is 4.79 Å². The van der Waals surface area contributed by atoms with Crippen LogP contribution in [0.2, 0.25) is 0 Å². The van der Waals surface area contributed by atoms with Crippen molar-refractivity contribution in [3.63, 3.8) is 0 Å². The molecule has 1 amide bonds. The molecule has 0 aromatic carbocycles. The van der Waals surface area contributed by atoms with Crippen LogP contribution >= 0.6 is 0 Å². The predicted octanol–water partition coefficient (Wildman–Crippen LogP) is 2.56. The highest BCUT2D eigenvalue weighted by Gasteiger charge is 2.45. The lowest BCUT2D eigenvalue weighted by Gasteiger charge is -2.40. The maximum atomic E-state index is 12.8. The molecule has 0 radical (unpaired) electrons. The predicted molar refractivity (Wildman–Crippen MR) is 79.3 cm³/mol. The maximum Gasteiger partial charge on any atom is 0.240 e. The van der Waals surface area contributed by atoms with Crippen LogP contribution in [0.4, 0.5) is 0 Å². The molecular formula is C17H28N2O. The van der Waals surface area contributed by atoms with Crippen molar-refractivity contribution < 1.29 is 4.79 Å². The first-order valence-corrected chi connectivity index (χ1v) is 8.80. The van der Waals surface area contributed by atoms with Crippen LogP contribution in [0, 0.1) is 17.3 Å². The van der Waals surface area contributed by atoms with Gasteiger partial charge in [0.05, 0.1) is 6.04 Å². The summed E-state index contributed by atoms with van der Waals surface area (Å²) in [5.41, 5.74) is 0.621. The van der Waals surface area contributed by atoms with Crippen LogP contribution in [0.3, 0.4) is 0 Å². The van der Waals surface area contributed by atoms with Crippen LogP contribution in [-0.4, -0.2) is 36.5 Å². The van der Waals surface area contributed by atoms with E-state index in [0.717, 1.165) is 25.6 Å². The maximum absolute atomic E-state index is 12.8. The summed E-state index contributed by atoms with van der Waals surface area (Å²) in [6.07, 6.45) is 12.1. The van der Waals surface area contributed by atoms with E-state index in [4.69, 9.17) is 0 Å². The van der Waals surface area contributed by atoms with Gasteiger partial charge in [-0.2, -0.15) is 0 Å². The molecule has 0 aromatic rings. The molecule has 1 N–H and O–H groups in total. The molecule has 4 aliphatic rings. The van der Waals surface area contributed by atoms with Crippen molar-refractivity contribution in [2.75, 3.05) is 19.6 Å². The number of carbonyl (C=O) groups is 1. The summed E-state index contributed by atoms with van der Waals surface area (Å²) in [6.45, 7) is 3.13. The molecular weight excluding hydrogens is 248 g/mol. The smallest absolute Gasteiger partial charge is 0.240 e. The summed E-state index contributed by atoms with van der Waals surface area (Å²) in [5.74, 6) is 1.85. The Morgan fingerprint density at radius 2 is 1.75 bits per heavy atom. The first-order chi connectivity index (χ1) is 9.77.